The Labute approximate surface area is 108 Å². The summed E-state index contributed by atoms with van der Waals surface area (Å²) in [7, 11) is 0. The highest BCUT2D eigenvalue weighted by Crippen LogP contribution is 2.38. The molecule has 18 heavy (non-hydrogen) atoms. The smallest absolute Gasteiger partial charge is 0.146 e. The van der Waals surface area contributed by atoms with E-state index in [9.17, 15) is 9.65 Å². The van der Waals surface area contributed by atoms with E-state index in [1.165, 1.54) is 12.5 Å². The largest absolute Gasteiger partial charge is 0.365 e. The summed E-state index contributed by atoms with van der Waals surface area (Å²) in [6.45, 7) is 2.10. The Balaban J connectivity index is 2.28. The van der Waals surface area contributed by atoms with E-state index in [0.29, 0.717) is 11.6 Å². The first-order valence-electron chi connectivity index (χ1n) is 6.66. The number of halogens is 1. The molecule has 2 unspecified atom stereocenters. The van der Waals surface area contributed by atoms with Crippen LogP contribution in [0.15, 0.2) is 24.3 Å². The van der Waals surface area contributed by atoms with Gasteiger partial charge < -0.3 is 5.32 Å². The van der Waals surface area contributed by atoms with E-state index in [4.69, 9.17) is 0 Å². The molecule has 0 spiro atoms. The van der Waals surface area contributed by atoms with Gasteiger partial charge in [-0.3, -0.25) is 0 Å². The second-order valence-electron chi connectivity index (χ2n) is 5.04. The maximum Gasteiger partial charge on any atom is 0.146 e. The SMILES string of the molecule is CCC1CCCCC1(C#N)Nc1ccccc1F. The van der Waals surface area contributed by atoms with Crippen LogP contribution in [0.3, 0.4) is 0 Å². The van der Waals surface area contributed by atoms with Crippen molar-refractivity contribution in [2.75, 3.05) is 5.32 Å². The molecule has 2 rings (SSSR count). The zero-order chi connectivity index (χ0) is 13.0. The van der Waals surface area contributed by atoms with E-state index in [0.717, 1.165) is 25.7 Å². The number of benzene rings is 1. The van der Waals surface area contributed by atoms with Crippen LogP contribution in [0.25, 0.3) is 0 Å². The molecule has 0 bridgehead atoms. The average molecular weight is 246 g/mol. The third-order valence-electron chi connectivity index (χ3n) is 3.99. The second kappa shape index (κ2) is 5.39. The lowest BCUT2D eigenvalue weighted by molar-refractivity contribution is 0.258. The van der Waals surface area contributed by atoms with Gasteiger partial charge in [0.1, 0.15) is 11.4 Å². The molecule has 0 aliphatic heterocycles. The quantitative estimate of drug-likeness (QED) is 0.871. The van der Waals surface area contributed by atoms with Gasteiger partial charge in [0.15, 0.2) is 0 Å². The minimum atomic E-state index is -0.602. The lowest BCUT2D eigenvalue weighted by Crippen LogP contribution is -2.46. The van der Waals surface area contributed by atoms with Gasteiger partial charge >= 0.3 is 0 Å². The molecule has 1 aromatic carbocycles. The maximum atomic E-state index is 13.7. The van der Waals surface area contributed by atoms with Crippen molar-refractivity contribution in [2.45, 2.75) is 44.6 Å². The summed E-state index contributed by atoms with van der Waals surface area (Å²) in [5.74, 6) is 0.0170. The first kappa shape index (κ1) is 12.9. The van der Waals surface area contributed by atoms with Crippen molar-refractivity contribution in [3.63, 3.8) is 0 Å². The lowest BCUT2D eigenvalue weighted by atomic mass is 9.72. The van der Waals surface area contributed by atoms with E-state index in [1.54, 1.807) is 18.2 Å². The molecule has 0 saturated heterocycles. The van der Waals surface area contributed by atoms with Crippen LogP contribution in [-0.2, 0) is 0 Å². The Morgan fingerprint density at radius 1 is 1.44 bits per heavy atom. The number of nitriles is 1. The van der Waals surface area contributed by atoms with Crippen molar-refractivity contribution < 1.29 is 4.39 Å². The van der Waals surface area contributed by atoms with Gasteiger partial charge in [-0.2, -0.15) is 5.26 Å². The Hall–Kier alpha value is -1.56. The molecule has 1 N–H and O–H groups in total. The van der Waals surface area contributed by atoms with Crippen molar-refractivity contribution >= 4 is 5.69 Å². The zero-order valence-electron chi connectivity index (χ0n) is 10.7. The molecule has 1 aliphatic carbocycles. The van der Waals surface area contributed by atoms with E-state index >= 15 is 0 Å². The molecule has 0 heterocycles. The molecule has 2 nitrogen and oxygen atoms in total. The van der Waals surface area contributed by atoms with Crippen LogP contribution >= 0.6 is 0 Å². The Morgan fingerprint density at radius 3 is 2.89 bits per heavy atom. The van der Waals surface area contributed by atoms with Gasteiger partial charge in [-0.25, -0.2) is 4.39 Å². The fourth-order valence-electron chi connectivity index (χ4n) is 2.94. The van der Waals surface area contributed by atoms with Gasteiger partial charge in [-0.15, -0.1) is 0 Å². The van der Waals surface area contributed by atoms with Crippen molar-refractivity contribution in [2.24, 2.45) is 5.92 Å². The number of para-hydroxylation sites is 1. The average Bonchev–Trinajstić information content (AvgIpc) is 2.42. The normalized spacial score (nSPS) is 27.5. The molecule has 1 fully saturated rings. The molecule has 2 atom stereocenters. The summed E-state index contributed by atoms with van der Waals surface area (Å²) in [5.41, 5.74) is -0.158. The first-order chi connectivity index (χ1) is 8.72. The fraction of sp³-hybridized carbons (Fsp3) is 0.533. The van der Waals surface area contributed by atoms with Gasteiger partial charge in [-0.1, -0.05) is 38.3 Å². The van der Waals surface area contributed by atoms with Crippen LogP contribution in [0, 0.1) is 23.1 Å². The fourth-order valence-corrected chi connectivity index (χ4v) is 2.94. The minimum absolute atomic E-state index is 0.285. The number of hydrogen-bond donors (Lipinski definition) is 1. The maximum absolute atomic E-state index is 13.7. The summed E-state index contributed by atoms with van der Waals surface area (Å²) < 4.78 is 13.7. The van der Waals surface area contributed by atoms with E-state index in [2.05, 4.69) is 18.3 Å². The summed E-state index contributed by atoms with van der Waals surface area (Å²) in [5, 5.41) is 12.7. The van der Waals surface area contributed by atoms with Gasteiger partial charge in [0.05, 0.1) is 11.8 Å². The van der Waals surface area contributed by atoms with E-state index in [1.807, 2.05) is 0 Å². The van der Waals surface area contributed by atoms with Crippen molar-refractivity contribution in [3.05, 3.63) is 30.1 Å². The predicted octanol–water partition coefficient (Wildman–Crippen LogP) is 4.10. The Morgan fingerprint density at radius 2 is 2.22 bits per heavy atom. The number of hydrogen-bond acceptors (Lipinski definition) is 2. The topological polar surface area (TPSA) is 35.8 Å². The minimum Gasteiger partial charge on any atom is -0.365 e. The monoisotopic (exact) mass is 246 g/mol. The number of nitrogens with zero attached hydrogens (tertiary/aromatic N) is 1. The van der Waals surface area contributed by atoms with Gasteiger partial charge in [0, 0.05) is 0 Å². The van der Waals surface area contributed by atoms with E-state index in [-0.39, 0.29) is 5.82 Å². The molecule has 1 aliphatic rings. The molecular weight excluding hydrogens is 227 g/mol. The molecule has 1 saturated carbocycles. The standard InChI is InChI=1S/C15H19FN2/c1-2-12-7-5-6-10-15(12,11-17)18-14-9-4-3-8-13(14)16/h3-4,8-9,12,18H,2,5-7,10H2,1H3. The first-order valence-corrected chi connectivity index (χ1v) is 6.66. The third-order valence-corrected chi connectivity index (χ3v) is 3.99. The van der Waals surface area contributed by atoms with Crippen LogP contribution in [-0.4, -0.2) is 5.54 Å². The molecule has 3 heteroatoms. The third kappa shape index (κ3) is 2.33. The summed E-state index contributed by atoms with van der Waals surface area (Å²) in [6.07, 6.45) is 5.00. The highest BCUT2D eigenvalue weighted by Gasteiger charge is 2.40. The van der Waals surface area contributed by atoms with Crippen LogP contribution in [0.2, 0.25) is 0 Å². The lowest BCUT2D eigenvalue weighted by Gasteiger charge is -2.40. The Bertz CT molecular complexity index is 452. The molecule has 96 valence electrons. The Kier molecular flexibility index (Phi) is 3.86. The van der Waals surface area contributed by atoms with E-state index < -0.39 is 5.54 Å². The predicted molar refractivity (Wildman–Crippen MR) is 70.6 cm³/mol. The van der Waals surface area contributed by atoms with Crippen molar-refractivity contribution in [1.29, 1.82) is 5.26 Å². The van der Waals surface area contributed by atoms with Gasteiger partial charge in [0.2, 0.25) is 0 Å². The molecule has 0 amide bonds. The number of rotatable bonds is 3. The molecular formula is C15H19FN2. The van der Waals surface area contributed by atoms with Crippen LogP contribution in [0.1, 0.15) is 39.0 Å². The highest BCUT2D eigenvalue weighted by atomic mass is 19.1. The zero-order valence-corrected chi connectivity index (χ0v) is 10.7. The summed E-state index contributed by atoms with van der Waals surface area (Å²) >= 11 is 0. The summed E-state index contributed by atoms with van der Waals surface area (Å²) in [4.78, 5) is 0. The van der Waals surface area contributed by atoms with Gasteiger partial charge in [-0.05, 0) is 30.9 Å². The van der Waals surface area contributed by atoms with Crippen LogP contribution in [0.5, 0.6) is 0 Å². The summed E-state index contributed by atoms with van der Waals surface area (Å²) in [6, 6.07) is 9.00. The van der Waals surface area contributed by atoms with Gasteiger partial charge in [0.25, 0.3) is 0 Å². The van der Waals surface area contributed by atoms with Crippen molar-refractivity contribution in [1.82, 2.24) is 0 Å². The molecule has 0 aromatic heterocycles. The number of anilines is 1. The van der Waals surface area contributed by atoms with Crippen molar-refractivity contribution in [3.8, 4) is 6.07 Å². The number of nitrogens with one attached hydrogen (secondary N) is 1. The van der Waals surface area contributed by atoms with Crippen LogP contribution < -0.4 is 5.32 Å². The molecule has 0 radical (unpaired) electrons. The highest BCUT2D eigenvalue weighted by molar-refractivity contribution is 5.49. The van der Waals surface area contributed by atoms with Crippen LogP contribution in [0.4, 0.5) is 10.1 Å². The molecule has 1 aromatic rings. The second-order valence-corrected chi connectivity index (χ2v) is 5.04.